The lowest BCUT2D eigenvalue weighted by Gasteiger charge is -2.33. The number of rotatable bonds is 6. The Bertz CT molecular complexity index is 895. The van der Waals surface area contributed by atoms with E-state index < -0.39 is 0 Å². The summed E-state index contributed by atoms with van der Waals surface area (Å²) in [5.74, 6) is -0.0786. The predicted octanol–water partition coefficient (Wildman–Crippen LogP) is 6.21. The molecule has 2 atom stereocenters. The van der Waals surface area contributed by atoms with Crippen LogP contribution in [0.25, 0.3) is 0 Å². The second kappa shape index (κ2) is 9.34. The number of carbonyl (C=O) groups is 2. The van der Waals surface area contributed by atoms with E-state index in [2.05, 4.69) is 26.1 Å². The monoisotopic (exact) mass is 427 g/mol. The summed E-state index contributed by atoms with van der Waals surface area (Å²) in [4.78, 5) is 27.2. The van der Waals surface area contributed by atoms with Crippen LogP contribution in [0.15, 0.2) is 30.3 Å². The Morgan fingerprint density at radius 3 is 2.50 bits per heavy atom. The highest BCUT2D eigenvalue weighted by Crippen LogP contribution is 2.44. The number of thiophene rings is 1. The summed E-state index contributed by atoms with van der Waals surface area (Å²) in [5.41, 5.74) is 2.85. The van der Waals surface area contributed by atoms with Gasteiger partial charge in [-0.3, -0.25) is 4.79 Å². The Hall–Kier alpha value is -2.14. The minimum Gasteiger partial charge on any atom is -0.462 e. The van der Waals surface area contributed by atoms with Gasteiger partial charge in [-0.25, -0.2) is 4.79 Å². The molecule has 2 aromatic rings. The Balaban J connectivity index is 1.93. The van der Waals surface area contributed by atoms with Crippen LogP contribution in [0, 0.1) is 11.3 Å². The van der Waals surface area contributed by atoms with Gasteiger partial charge in [-0.15, -0.1) is 11.3 Å². The number of hydrogen-bond acceptors (Lipinski definition) is 4. The first-order chi connectivity index (χ1) is 14.3. The summed E-state index contributed by atoms with van der Waals surface area (Å²) in [7, 11) is 0. The lowest BCUT2D eigenvalue weighted by atomic mass is 9.72. The average molecular weight is 428 g/mol. The molecule has 0 aliphatic heterocycles. The maximum absolute atomic E-state index is 13.2. The van der Waals surface area contributed by atoms with Crippen molar-refractivity contribution >= 4 is 28.2 Å². The number of nitrogens with one attached hydrogen (secondary N) is 1. The molecule has 1 aliphatic carbocycles. The van der Waals surface area contributed by atoms with Crippen molar-refractivity contribution in [3.63, 3.8) is 0 Å². The molecule has 0 saturated carbocycles. The molecule has 30 heavy (non-hydrogen) atoms. The summed E-state index contributed by atoms with van der Waals surface area (Å²) >= 11 is 1.55. The normalized spacial score (nSPS) is 17.2. The van der Waals surface area contributed by atoms with Gasteiger partial charge in [0.1, 0.15) is 5.00 Å². The summed E-state index contributed by atoms with van der Waals surface area (Å²) in [6.45, 7) is 11.0. The van der Waals surface area contributed by atoms with E-state index in [1.165, 1.54) is 4.88 Å². The smallest absolute Gasteiger partial charge is 0.341 e. The van der Waals surface area contributed by atoms with Crippen LogP contribution in [0.3, 0.4) is 0 Å². The van der Waals surface area contributed by atoms with E-state index in [1.807, 2.05) is 44.2 Å². The van der Waals surface area contributed by atoms with Gasteiger partial charge < -0.3 is 10.1 Å². The summed E-state index contributed by atoms with van der Waals surface area (Å²) in [6.07, 6.45) is 3.55. The Morgan fingerprint density at radius 1 is 1.20 bits per heavy atom. The van der Waals surface area contributed by atoms with Crippen molar-refractivity contribution in [2.45, 2.75) is 66.2 Å². The zero-order chi connectivity index (χ0) is 21.9. The minimum atomic E-state index is -0.327. The fraction of sp³-hybridized carbons (Fsp3) is 0.520. The number of amides is 1. The van der Waals surface area contributed by atoms with E-state index in [0.717, 1.165) is 30.4 Å². The second-order valence-corrected chi connectivity index (χ2v) is 10.2. The van der Waals surface area contributed by atoms with E-state index in [9.17, 15) is 9.59 Å². The first-order valence-electron chi connectivity index (χ1n) is 10.9. The van der Waals surface area contributed by atoms with E-state index >= 15 is 0 Å². The topological polar surface area (TPSA) is 55.4 Å². The van der Waals surface area contributed by atoms with Crippen molar-refractivity contribution in [3.8, 4) is 0 Å². The molecule has 1 aromatic carbocycles. The van der Waals surface area contributed by atoms with Gasteiger partial charge in [0.05, 0.1) is 18.1 Å². The van der Waals surface area contributed by atoms with Crippen LogP contribution in [0.4, 0.5) is 5.00 Å². The SMILES string of the molecule is CCOC(=O)c1c(NC(=O)C(CC)c2ccccc2)sc2c1CCC(C(C)(C)C)C2. The fourth-order valence-corrected chi connectivity index (χ4v) is 5.61. The number of anilines is 1. The highest BCUT2D eigenvalue weighted by atomic mass is 32.1. The van der Waals surface area contributed by atoms with Gasteiger partial charge in [0, 0.05) is 4.88 Å². The molecule has 0 saturated heterocycles. The van der Waals surface area contributed by atoms with Crippen molar-refractivity contribution in [1.29, 1.82) is 0 Å². The maximum Gasteiger partial charge on any atom is 0.341 e. The highest BCUT2D eigenvalue weighted by molar-refractivity contribution is 7.17. The summed E-state index contributed by atoms with van der Waals surface area (Å²) in [5, 5.41) is 3.73. The van der Waals surface area contributed by atoms with Gasteiger partial charge in [0.15, 0.2) is 0 Å². The van der Waals surface area contributed by atoms with Crippen LogP contribution < -0.4 is 5.32 Å². The van der Waals surface area contributed by atoms with Crippen molar-refractivity contribution in [2.75, 3.05) is 11.9 Å². The molecule has 1 N–H and O–H groups in total. The number of fused-ring (bicyclic) bond motifs is 1. The van der Waals surface area contributed by atoms with E-state index in [4.69, 9.17) is 4.74 Å². The minimum absolute atomic E-state index is 0.0692. The lowest BCUT2D eigenvalue weighted by molar-refractivity contribution is -0.117. The highest BCUT2D eigenvalue weighted by Gasteiger charge is 2.35. The van der Waals surface area contributed by atoms with Crippen LogP contribution in [0.5, 0.6) is 0 Å². The van der Waals surface area contributed by atoms with Crippen LogP contribution in [-0.2, 0) is 22.4 Å². The number of ether oxygens (including phenoxy) is 1. The third-order valence-electron chi connectivity index (χ3n) is 6.13. The van der Waals surface area contributed by atoms with Crippen LogP contribution in [-0.4, -0.2) is 18.5 Å². The number of hydrogen-bond donors (Lipinski definition) is 1. The molecule has 0 spiro atoms. The van der Waals surface area contributed by atoms with Crippen molar-refractivity contribution in [2.24, 2.45) is 11.3 Å². The zero-order valence-corrected chi connectivity index (χ0v) is 19.5. The first kappa shape index (κ1) is 22.5. The molecule has 3 rings (SSSR count). The molecular formula is C25H33NO3S. The largest absolute Gasteiger partial charge is 0.462 e. The molecule has 0 bridgehead atoms. The summed E-state index contributed by atoms with van der Waals surface area (Å²) < 4.78 is 5.36. The Morgan fingerprint density at radius 2 is 1.90 bits per heavy atom. The third-order valence-corrected chi connectivity index (χ3v) is 7.30. The molecular weight excluding hydrogens is 394 g/mol. The third kappa shape index (κ3) is 4.77. The Labute approximate surface area is 184 Å². The van der Waals surface area contributed by atoms with Crippen LogP contribution >= 0.6 is 11.3 Å². The van der Waals surface area contributed by atoms with E-state index in [-0.39, 0.29) is 23.2 Å². The van der Waals surface area contributed by atoms with Crippen LogP contribution in [0.2, 0.25) is 0 Å². The van der Waals surface area contributed by atoms with E-state index in [1.54, 1.807) is 11.3 Å². The van der Waals surface area contributed by atoms with Crippen molar-refractivity contribution in [3.05, 3.63) is 51.9 Å². The number of esters is 1. The van der Waals surface area contributed by atoms with Gasteiger partial charge in [0.25, 0.3) is 0 Å². The van der Waals surface area contributed by atoms with Crippen molar-refractivity contribution in [1.82, 2.24) is 0 Å². The van der Waals surface area contributed by atoms with Gasteiger partial charge in [-0.1, -0.05) is 58.0 Å². The molecule has 2 unspecified atom stereocenters. The number of benzene rings is 1. The molecule has 1 amide bonds. The number of carbonyl (C=O) groups excluding carboxylic acids is 2. The average Bonchev–Trinajstić information content (AvgIpc) is 3.06. The van der Waals surface area contributed by atoms with Crippen molar-refractivity contribution < 1.29 is 14.3 Å². The van der Waals surface area contributed by atoms with Crippen LogP contribution in [0.1, 0.15) is 79.7 Å². The fourth-order valence-electron chi connectivity index (χ4n) is 4.29. The quantitative estimate of drug-likeness (QED) is 0.558. The molecule has 0 radical (unpaired) electrons. The molecule has 1 aromatic heterocycles. The maximum atomic E-state index is 13.2. The van der Waals surface area contributed by atoms with E-state index in [0.29, 0.717) is 29.5 Å². The summed E-state index contributed by atoms with van der Waals surface area (Å²) in [6, 6.07) is 9.81. The molecule has 4 nitrogen and oxygen atoms in total. The van der Waals surface area contributed by atoms with Gasteiger partial charge >= 0.3 is 5.97 Å². The first-order valence-corrected chi connectivity index (χ1v) is 11.7. The Kier molecular flexibility index (Phi) is 7.02. The molecule has 5 heteroatoms. The standard InChI is InChI=1S/C25H33NO3S/c1-6-18(16-11-9-8-10-12-16)22(27)26-23-21(24(28)29-7-2)19-14-13-17(25(3,4)5)15-20(19)30-23/h8-12,17-18H,6-7,13-15H2,1-5H3,(H,26,27). The zero-order valence-electron chi connectivity index (χ0n) is 18.7. The van der Waals surface area contributed by atoms with Gasteiger partial charge in [-0.05, 0) is 55.1 Å². The van der Waals surface area contributed by atoms with Gasteiger partial charge in [0.2, 0.25) is 5.91 Å². The molecule has 1 aliphatic rings. The lowest BCUT2D eigenvalue weighted by Crippen LogP contribution is -2.26. The molecule has 1 heterocycles. The predicted molar refractivity (Wildman–Crippen MR) is 123 cm³/mol. The molecule has 0 fully saturated rings. The second-order valence-electron chi connectivity index (χ2n) is 9.09. The van der Waals surface area contributed by atoms with Gasteiger partial charge in [-0.2, -0.15) is 0 Å². The molecule has 162 valence electrons.